The maximum atomic E-state index is 4.58. The fourth-order valence-electron chi connectivity index (χ4n) is 1.26. The molecule has 5 aromatic rings. The van der Waals surface area contributed by atoms with Crippen molar-refractivity contribution in [1.82, 2.24) is 19.9 Å². The Labute approximate surface area is 157 Å². The first-order chi connectivity index (χ1) is 13.0. The summed E-state index contributed by atoms with van der Waals surface area (Å²) >= 11 is 1.71. The van der Waals surface area contributed by atoms with Crippen molar-refractivity contribution in [2.45, 2.75) is 0 Å². The topological polar surface area (TPSA) is 70.5 Å². The predicted octanol–water partition coefficient (Wildman–Crippen LogP) is 5.53. The summed E-state index contributed by atoms with van der Waals surface area (Å²) in [5.74, 6) is 0. The zero-order valence-electron chi connectivity index (χ0n) is 14.3. The molecule has 0 radical (unpaired) electrons. The Bertz CT molecular complexity index is 537. The number of nitrogens with one attached hydrogen (secondary N) is 2. The zero-order valence-corrected chi connectivity index (χ0v) is 15.1. The molecule has 0 unspecified atom stereocenters. The number of furan rings is 1. The lowest BCUT2D eigenvalue weighted by molar-refractivity contribution is 0.567. The van der Waals surface area contributed by atoms with Gasteiger partial charge < -0.3 is 14.4 Å². The molecule has 0 amide bonds. The molecule has 0 saturated heterocycles. The van der Waals surface area contributed by atoms with Crippen LogP contribution in [0.3, 0.4) is 0 Å². The molecule has 0 aliphatic rings. The molecule has 0 saturated carbocycles. The van der Waals surface area contributed by atoms with Crippen molar-refractivity contribution in [1.29, 1.82) is 0 Å². The number of hydrogen-bond acceptors (Lipinski definition) is 4. The summed E-state index contributed by atoms with van der Waals surface area (Å²) in [5, 5.41) is 4.08. The van der Waals surface area contributed by atoms with Crippen LogP contribution in [0.1, 0.15) is 0 Å². The summed E-state index contributed by atoms with van der Waals surface area (Å²) in [5.41, 5.74) is 0. The van der Waals surface area contributed by atoms with Crippen molar-refractivity contribution in [3.63, 3.8) is 0 Å². The van der Waals surface area contributed by atoms with Crippen molar-refractivity contribution < 1.29 is 4.42 Å². The van der Waals surface area contributed by atoms with Crippen LogP contribution in [-0.2, 0) is 0 Å². The fourth-order valence-corrected chi connectivity index (χ4v) is 1.71. The van der Waals surface area contributed by atoms with E-state index in [9.17, 15) is 0 Å². The van der Waals surface area contributed by atoms with E-state index >= 15 is 0 Å². The number of H-pyrrole nitrogens is 2. The molecule has 26 heavy (non-hydrogen) atoms. The summed E-state index contributed by atoms with van der Waals surface area (Å²) in [6.45, 7) is 0. The maximum Gasteiger partial charge on any atom is 0.0919 e. The van der Waals surface area contributed by atoms with E-state index in [2.05, 4.69) is 24.4 Å². The summed E-state index contributed by atoms with van der Waals surface area (Å²) in [4.78, 5) is 13.1. The minimum absolute atomic E-state index is 1.62. The molecule has 5 nitrogen and oxygen atoms in total. The third kappa shape index (κ3) is 15.5. The van der Waals surface area contributed by atoms with Crippen LogP contribution in [-0.4, -0.2) is 19.9 Å². The Morgan fingerprint density at radius 3 is 1.46 bits per heavy atom. The van der Waals surface area contributed by atoms with Crippen LogP contribution in [0.2, 0.25) is 0 Å². The summed E-state index contributed by atoms with van der Waals surface area (Å²) < 4.78 is 4.58. The molecule has 5 aromatic heterocycles. The van der Waals surface area contributed by atoms with Gasteiger partial charge in [0.1, 0.15) is 0 Å². The van der Waals surface area contributed by atoms with E-state index in [1.165, 1.54) is 0 Å². The molecule has 2 N–H and O–H groups in total. The largest absolute Gasteiger partial charge is 0.473 e. The zero-order chi connectivity index (χ0) is 18.4. The van der Waals surface area contributed by atoms with Gasteiger partial charge >= 0.3 is 0 Å². The van der Waals surface area contributed by atoms with Gasteiger partial charge in [0.25, 0.3) is 0 Å². The Kier molecular flexibility index (Phi) is 14.3. The lowest BCUT2D eigenvalue weighted by Gasteiger charge is -1.70. The van der Waals surface area contributed by atoms with E-state index in [-0.39, 0.29) is 0 Å². The smallest absolute Gasteiger partial charge is 0.0919 e. The molecule has 6 heteroatoms. The van der Waals surface area contributed by atoms with Gasteiger partial charge in [0.15, 0.2) is 0 Å². The van der Waals surface area contributed by atoms with Crippen LogP contribution in [0.5, 0.6) is 0 Å². The first-order valence-electron chi connectivity index (χ1n) is 7.80. The van der Waals surface area contributed by atoms with Crippen LogP contribution in [0, 0.1) is 0 Å². The number of rotatable bonds is 0. The van der Waals surface area contributed by atoms with Gasteiger partial charge in [-0.15, -0.1) is 0 Å². The highest BCUT2D eigenvalue weighted by molar-refractivity contribution is 7.07. The molecule has 0 aliphatic carbocycles. The lowest BCUT2D eigenvalue weighted by Crippen LogP contribution is -1.58. The van der Waals surface area contributed by atoms with Crippen LogP contribution >= 0.6 is 11.3 Å². The van der Waals surface area contributed by atoms with Crippen molar-refractivity contribution in [3.05, 3.63) is 121 Å². The van der Waals surface area contributed by atoms with E-state index in [4.69, 9.17) is 0 Å². The first kappa shape index (κ1) is 20.7. The second-order valence-electron chi connectivity index (χ2n) is 4.26. The molecule has 0 fully saturated rings. The summed E-state index contributed by atoms with van der Waals surface area (Å²) in [7, 11) is 0. The molecule has 0 spiro atoms. The van der Waals surface area contributed by atoms with Gasteiger partial charge in [-0.3, -0.25) is 4.98 Å². The van der Waals surface area contributed by atoms with Crippen LogP contribution < -0.4 is 0 Å². The number of hydrogen-bond donors (Lipinski definition) is 2. The van der Waals surface area contributed by atoms with E-state index in [0.717, 1.165) is 0 Å². The van der Waals surface area contributed by atoms with Gasteiger partial charge in [0, 0.05) is 37.2 Å². The van der Waals surface area contributed by atoms with E-state index in [1.54, 1.807) is 55.0 Å². The third-order valence-corrected chi connectivity index (χ3v) is 2.95. The average molecular weight is 366 g/mol. The van der Waals surface area contributed by atoms with Gasteiger partial charge in [0.05, 0.1) is 18.9 Å². The number of thiophene rings is 1. The molecule has 0 aromatic carbocycles. The molecule has 0 aliphatic heterocycles. The van der Waals surface area contributed by atoms with Gasteiger partial charge in [0.2, 0.25) is 0 Å². The molecule has 5 heterocycles. The van der Waals surface area contributed by atoms with Crippen molar-refractivity contribution in [3.8, 4) is 0 Å². The SMILES string of the molecule is c1c[nH]cn1.c1cc[nH]c1.c1ccncc1.c1ccoc1.c1ccsc1. The van der Waals surface area contributed by atoms with Gasteiger partial charge in [-0.2, -0.15) is 11.3 Å². The number of aromatic amines is 2. The molecular formula is C20H22N4OS. The Hall–Kier alpha value is -3.38. The Morgan fingerprint density at radius 1 is 0.577 bits per heavy atom. The highest BCUT2D eigenvalue weighted by atomic mass is 32.1. The summed E-state index contributed by atoms with van der Waals surface area (Å²) in [6, 6.07) is 17.3. The lowest BCUT2D eigenvalue weighted by atomic mass is 10.5. The standard InChI is InChI=1S/C5H5N.C4H5N.C4H4O.C4H4S.C3H4N2/c1-2-4-6-5-3-1;3*1-2-4-5-3-1;1-2-5-3-4-1/h1-5H;1-5H;2*1-4H;1-3H,(H,4,5). The second-order valence-corrected chi connectivity index (χ2v) is 5.07. The van der Waals surface area contributed by atoms with Gasteiger partial charge in [-0.25, -0.2) is 4.98 Å². The third-order valence-electron chi connectivity index (χ3n) is 2.32. The highest BCUT2D eigenvalue weighted by Crippen LogP contribution is 1.91. The number of aromatic nitrogens is 4. The normalized spacial score (nSPS) is 8.00. The number of imidazole rings is 1. The van der Waals surface area contributed by atoms with Gasteiger partial charge in [-0.05, 0) is 47.2 Å². The van der Waals surface area contributed by atoms with Crippen molar-refractivity contribution >= 4 is 11.3 Å². The number of nitrogens with zero attached hydrogens (tertiary/aromatic N) is 2. The second kappa shape index (κ2) is 18.0. The van der Waals surface area contributed by atoms with E-state index in [0.29, 0.717) is 0 Å². The minimum Gasteiger partial charge on any atom is -0.473 e. The van der Waals surface area contributed by atoms with Crippen molar-refractivity contribution in [2.24, 2.45) is 0 Å². The number of pyridine rings is 1. The van der Waals surface area contributed by atoms with Gasteiger partial charge in [-0.1, -0.05) is 18.2 Å². The quantitative estimate of drug-likeness (QED) is 0.378. The highest BCUT2D eigenvalue weighted by Gasteiger charge is 1.60. The van der Waals surface area contributed by atoms with E-state index in [1.807, 2.05) is 77.8 Å². The van der Waals surface area contributed by atoms with Crippen LogP contribution in [0.4, 0.5) is 0 Å². The Morgan fingerprint density at radius 2 is 1.27 bits per heavy atom. The average Bonchev–Trinajstić information content (AvgIpc) is 3.56. The van der Waals surface area contributed by atoms with Crippen molar-refractivity contribution in [2.75, 3.05) is 0 Å². The fraction of sp³-hybridized carbons (Fsp3) is 0. The Balaban J connectivity index is 0.000000163. The summed E-state index contributed by atoms with van der Waals surface area (Å²) in [6.07, 6.45) is 15.6. The monoisotopic (exact) mass is 366 g/mol. The molecule has 0 bridgehead atoms. The first-order valence-corrected chi connectivity index (χ1v) is 8.74. The van der Waals surface area contributed by atoms with E-state index < -0.39 is 0 Å². The maximum absolute atomic E-state index is 4.58. The molecule has 0 atom stereocenters. The molecular weight excluding hydrogens is 344 g/mol. The molecule has 5 rings (SSSR count). The predicted molar refractivity (Wildman–Crippen MR) is 107 cm³/mol. The minimum atomic E-state index is 1.62. The van der Waals surface area contributed by atoms with Crippen LogP contribution in [0.25, 0.3) is 0 Å². The van der Waals surface area contributed by atoms with Crippen LogP contribution in [0.15, 0.2) is 126 Å². The molecule has 134 valence electrons.